The number of alkyl carbamates (subject to hydrolysis) is 1. The molecule has 0 bridgehead atoms. The van der Waals surface area contributed by atoms with Gasteiger partial charge in [-0.05, 0) is 71.1 Å². The Bertz CT molecular complexity index is 353. The van der Waals surface area contributed by atoms with Crippen LogP contribution in [0.3, 0.4) is 0 Å². The highest BCUT2D eigenvalue weighted by Gasteiger charge is 2.22. The monoisotopic (exact) mass is 327 g/mol. The lowest BCUT2D eigenvalue weighted by molar-refractivity contribution is 0.0514. The minimum atomic E-state index is -0.441. The van der Waals surface area contributed by atoms with Crippen LogP contribution in [-0.2, 0) is 4.74 Å². The van der Waals surface area contributed by atoms with E-state index >= 15 is 0 Å². The van der Waals surface area contributed by atoms with Crippen molar-refractivity contribution in [2.75, 3.05) is 39.3 Å². The molecule has 1 aliphatic rings. The molecule has 1 amide bonds. The van der Waals surface area contributed by atoms with Gasteiger partial charge in [0.25, 0.3) is 0 Å². The van der Waals surface area contributed by atoms with Crippen LogP contribution in [0.2, 0.25) is 0 Å². The molecule has 0 aliphatic carbocycles. The van der Waals surface area contributed by atoms with Crippen molar-refractivity contribution in [3.63, 3.8) is 0 Å². The van der Waals surface area contributed by atoms with Crippen molar-refractivity contribution < 1.29 is 9.53 Å². The summed E-state index contributed by atoms with van der Waals surface area (Å²) in [4.78, 5) is 14.3. The molecule has 1 rings (SSSR count). The summed E-state index contributed by atoms with van der Waals surface area (Å²) < 4.78 is 5.30. The van der Waals surface area contributed by atoms with Crippen molar-refractivity contribution in [2.45, 2.75) is 53.6 Å². The highest BCUT2D eigenvalue weighted by atomic mass is 16.6. The minimum absolute atomic E-state index is 0.322. The molecule has 23 heavy (non-hydrogen) atoms. The molecule has 0 aromatic rings. The number of hydrogen-bond donors (Lipinski definition) is 2. The van der Waals surface area contributed by atoms with Gasteiger partial charge in [-0.15, -0.1) is 0 Å². The molecule has 1 saturated heterocycles. The fraction of sp³-hybridized carbons (Fsp3) is 0.944. The Morgan fingerprint density at radius 2 is 2.00 bits per heavy atom. The van der Waals surface area contributed by atoms with E-state index in [1.807, 2.05) is 20.8 Å². The summed E-state index contributed by atoms with van der Waals surface area (Å²) in [6.45, 7) is 18.6. The topological polar surface area (TPSA) is 53.6 Å². The van der Waals surface area contributed by atoms with Gasteiger partial charge in [-0.3, -0.25) is 0 Å². The van der Waals surface area contributed by atoms with Gasteiger partial charge >= 0.3 is 6.09 Å². The first-order valence-corrected chi connectivity index (χ1v) is 9.11. The summed E-state index contributed by atoms with van der Waals surface area (Å²) in [5, 5.41) is 6.51. The number of carbonyl (C=O) groups excluding carboxylic acids is 1. The fourth-order valence-electron chi connectivity index (χ4n) is 2.91. The first-order valence-electron chi connectivity index (χ1n) is 9.11. The van der Waals surface area contributed by atoms with Crippen LogP contribution in [0, 0.1) is 17.8 Å². The maximum Gasteiger partial charge on any atom is 0.407 e. The lowest BCUT2D eigenvalue weighted by Crippen LogP contribution is -2.40. The minimum Gasteiger partial charge on any atom is -0.444 e. The number of ether oxygens (including phenoxy) is 1. The smallest absolute Gasteiger partial charge is 0.407 e. The fourth-order valence-corrected chi connectivity index (χ4v) is 2.91. The Morgan fingerprint density at radius 3 is 2.52 bits per heavy atom. The normalized spacial score (nSPS) is 20.7. The molecule has 0 radical (unpaired) electrons. The molecule has 2 atom stereocenters. The maximum atomic E-state index is 11.8. The number of nitrogens with zero attached hydrogens (tertiary/aromatic N) is 1. The van der Waals surface area contributed by atoms with Gasteiger partial charge in [0.2, 0.25) is 0 Å². The molecular formula is C18H37N3O2. The number of rotatable bonds is 8. The summed E-state index contributed by atoms with van der Waals surface area (Å²) >= 11 is 0. The first kappa shape index (κ1) is 20.2. The third kappa shape index (κ3) is 8.56. The highest BCUT2D eigenvalue weighted by molar-refractivity contribution is 5.67. The predicted molar refractivity (Wildman–Crippen MR) is 95.7 cm³/mol. The van der Waals surface area contributed by atoms with Crippen LogP contribution in [0.1, 0.15) is 48.0 Å². The maximum absolute atomic E-state index is 11.8. The summed E-state index contributed by atoms with van der Waals surface area (Å²) in [5.41, 5.74) is -0.441. The second kappa shape index (κ2) is 9.48. The van der Waals surface area contributed by atoms with E-state index in [0.717, 1.165) is 25.6 Å². The van der Waals surface area contributed by atoms with Gasteiger partial charge in [-0.1, -0.05) is 20.8 Å². The Labute approximate surface area is 142 Å². The van der Waals surface area contributed by atoms with Gasteiger partial charge in [0, 0.05) is 13.1 Å². The van der Waals surface area contributed by atoms with Crippen molar-refractivity contribution in [1.82, 2.24) is 15.5 Å². The van der Waals surface area contributed by atoms with Crippen molar-refractivity contribution in [2.24, 2.45) is 17.8 Å². The van der Waals surface area contributed by atoms with Gasteiger partial charge in [0.1, 0.15) is 5.60 Å². The summed E-state index contributed by atoms with van der Waals surface area (Å²) in [6, 6.07) is 0. The highest BCUT2D eigenvalue weighted by Crippen LogP contribution is 2.15. The number of carbonyl (C=O) groups is 1. The Kier molecular flexibility index (Phi) is 8.34. The van der Waals surface area contributed by atoms with E-state index in [-0.39, 0.29) is 6.09 Å². The van der Waals surface area contributed by atoms with Crippen LogP contribution in [0.5, 0.6) is 0 Å². The zero-order valence-electron chi connectivity index (χ0n) is 15.9. The predicted octanol–water partition coefficient (Wildman–Crippen LogP) is 2.71. The molecule has 0 aromatic heterocycles. The van der Waals surface area contributed by atoms with Crippen LogP contribution in [0.15, 0.2) is 0 Å². The van der Waals surface area contributed by atoms with E-state index in [1.165, 1.54) is 19.5 Å². The van der Waals surface area contributed by atoms with Gasteiger partial charge in [-0.25, -0.2) is 4.79 Å². The standard InChI is InChI=1S/C18H37N3O2/c1-7-21-9-8-15(13-21)10-19-11-16(14(2)3)12-20-17(22)23-18(4,5)6/h14-16,19H,7-13H2,1-6H3,(H,20,22). The number of hydrogen-bond acceptors (Lipinski definition) is 4. The molecule has 1 aliphatic heterocycles. The molecule has 0 aromatic carbocycles. The molecule has 5 heteroatoms. The third-order valence-electron chi connectivity index (χ3n) is 4.51. The number of likely N-dealkylation sites (tertiary alicyclic amines) is 1. The first-order chi connectivity index (χ1) is 10.7. The van der Waals surface area contributed by atoms with Crippen LogP contribution in [0.4, 0.5) is 4.79 Å². The lowest BCUT2D eigenvalue weighted by atomic mass is 9.95. The third-order valence-corrected chi connectivity index (χ3v) is 4.51. The van der Waals surface area contributed by atoms with E-state index in [9.17, 15) is 4.79 Å². The van der Waals surface area contributed by atoms with Gasteiger partial charge in [-0.2, -0.15) is 0 Å². The van der Waals surface area contributed by atoms with Crippen molar-refractivity contribution in [3.8, 4) is 0 Å². The van der Waals surface area contributed by atoms with Crippen LogP contribution in [-0.4, -0.2) is 55.9 Å². The second-order valence-corrected chi connectivity index (χ2v) is 8.09. The zero-order valence-corrected chi connectivity index (χ0v) is 15.9. The molecule has 1 heterocycles. The molecule has 136 valence electrons. The van der Waals surface area contributed by atoms with Crippen molar-refractivity contribution >= 4 is 6.09 Å². The summed E-state index contributed by atoms with van der Waals surface area (Å²) in [5.74, 6) is 1.71. The molecule has 0 saturated carbocycles. The van der Waals surface area contributed by atoms with Crippen LogP contribution < -0.4 is 10.6 Å². The van der Waals surface area contributed by atoms with E-state index in [4.69, 9.17) is 4.74 Å². The van der Waals surface area contributed by atoms with Crippen molar-refractivity contribution in [3.05, 3.63) is 0 Å². The van der Waals surface area contributed by atoms with E-state index in [2.05, 4.69) is 36.3 Å². The van der Waals surface area contributed by atoms with Crippen LogP contribution in [0.25, 0.3) is 0 Å². The van der Waals surface area contributed by atoms with E-state index < -0.39 is 5.60 Å². The number of amides is 1. The molecule has 2 unspecified atom stereocenters. The van der Waals surface area contributed by atoms with Crippen molar-refractivity contribution in [1.29, 1.82) is 0 Å². The van der Waals surface area contributed by atoms with E-state index in [0.29, 0.717) is 18.4 Å². The van der Waals surface area contributed by atoms with Gasteiger partial charge in [0.15, 0.2) is 0 Å². The molecule has 1 fully saturated rings. The van der Waals surface area contributed by atoms with Crippen LogP contribution >= 0.6 is 0 Å². The average molecular weight is 328 g/mol. The molecule has 5 nitrogen and oxygen atoms in total. The quantitative estimate of drug-likeness (QED) is 0.720. The van der Waals surface area contributed by atoms with Gasteiger partial charge in [0.05, 0.1) is 0 Å². The summed E-state index contributed by atoms with van der Waals surface area (Å²) in [7, 11) is 0. The van der Waals surface area contributed by atoms with E-state index in [1.54, 1.807) is 0 Å². The Hall–Kier alpha value is -0.810. The second-order valence-electron chi connectivity index (χ2n) is 8.09. The largest absolute Gasteiger partial charge is 0.444 e. The van der Waals surface area contributed by atoms with Gasteiger partial charge < -0.3 is 20.3 Å². The number of nitrogens with one attached hydrogen (secondary N) is 2. The zero-order chi connectivity index (χ0) is 17.5. The molecule has 0 spiro atoms. The Balaban J connectivity index is 2.26. The molecular weight excluding hydrogens is 290 g/mol. The Morgan fingerprint density at radius 1 is 1.30 bits per heavy atom. The summed E-state index contributed by atoms with van der Waals surface area (Å²) in [6.07, 6.45) is 0.973. The molecule has 2 N–H and O–H groups in total. The lowest BCUT2D eigenvalue weighted by Gasteiger charge is -2.24. The average Bonchev–Trinajstić information content (AvgIpc) is 2.88. The SMILES string of the molecule is CCN1CCC(CNCC(CNC(=O)OC(C)(C)C)C(C)C)C1.